The molecule has 7 rings (SSSR count). The van der Waals surface area contributed by atoms with Gasteiger partial charge in [-0.1, -0.05) is 55.3 Å². The Balaban J connectivity index is -0.000000179. The van der Waals surface area contributed by atoms with Crippen LogP contribution in [-0.2, 0) is 57.0 Å². The van der Waals surface area contributed by atoms with Gasteiger partial charge in [0.2, 0.25) is 0 Å². The lowest BCUT2D eigenvalue weighted by Crippen LogP contribution is -2.58. The van der Waals surface area contributed by atoms with Crippen molar-refractivity contribution in [2.45, 2.75) is 130 Å². The smallest absolute Gasteiger partial charge is 0.349 e. The third-order valence-electron chi connectivity index (χ3n) is 18.2. The van der Waals surface area contributed by atoms with Crippen LogP contribution >= 0.6 is 7.26 Å². The molecule has 6 fully saturated rings. The molecule has 22 heteroatoms. The van der Waals surface area contributed by atoms with Crippen molar-refractivity contribution in [3.05, 3.63) is 30.3 Å². The maximum Gasteiger partial charge on any atom is 0.349 e. The zero-order chi connectivity index (χ0) is 73.6. The van der Waals surface area contributed by atoms with Gasteiger partial charge in [0.05, 0.1) is 235 Å². The Labute approximate surface area is 635 Å². The number of guanidine groups is 1. The van der Waals surface area contributed by atoms with E-state index in [4.69, 9.17) is 61.7 Å². The Bertz CT molecular complexity index is 1830. The summed E-state index contributed by atoms with van der Waals surface area (Å²) in [5.74, 6) is 3.29. The van der Waals surface area contributed by atoms with Gasteiger partial charge in [0.15, 0.2) is 0 Å². The van der Waals surface area contributed by atoms with Crippen molar-refractivity contribution in [1.29, 1.82) is 0 Å². The van der Waals surface area contributed by atoms with Gasteiger partial charge in [-0.05, 0) is 85.3 Å². The summed E-state index contributed by atoms with van der Waals surface area (Å²) >= 11 is 0. The Hall–Kier alpha value is -2.54. The van der Waals surface area contributed by atoms with Crippen molar-refractivity contribution in [2.75, 3.05) is 341 Å². The molecule has 0 amide bonds. The molecule has 6 heterocycles. The Morgan fingerprint density at radius 3 is 1.23 bits per heavy atom. The number of fused-ring (bicyclic) bond motifs is 3. The monoisotopic (exact) mass is 1490 g/mol. The second-order valence-corrected chi connectivity index (χ2v) is 34.2. The van der Waals surface area contributed by atoms with Crippen molar-refractivity contribution in [3.63, 3.8) is 0 Å². The van der Waals surface area contributed by atoms with Gasteiger partial charge in [0, 0.05) is 93.1 Å². The van der Waals surface area contributed by atoms with Crippen LogP contribution in [0.2, 0.25) is 0 Å². The number of methoxy groups -OCH3 is 1. The van der Waals surface area contributed by atoms with Crippen LogP contribution in [-0.4, -0.2) is 397 Å². The van der Waals surface area contributed by atoms with Gasteiger partial charge >= 0.3 is 5.96 Å². The van der Waals surface area contributed by atoms with Gasteiger partial charge in [-0.2, -0.15) is 0 Å². The third-order valence-corrected chi connectivity index (χ3v) is 18.2. The summed E-state index contributed by atoms with van der Waals surface area (Å²) in [5.41, 5.74) is 0. The maximum atomic E-state index is 8.00. The summed E-state index contributed by atoms with van der Waals surface area (Å²) in [6.07, 6.45) is 10.5. The normalized spacial score (nSPS) is 19.0. The molecule has 1 aromatic carbocycles. The maximum absolute atomic E-state index is 8.00. The predicted octanol–water partition coefficient (Wildman–Crippen LogP) is 11.8. The largest absolute Gasteiger partial charge is 0.488 e. The number of likely N-dealkylation sites (tertiary alicyclic amines) is 1. The number of likely N-dealkylation sites (N-methyl/N-ethyl adjacent to an activating group) is 2. The van der Waals surface area contributed by atoms with Crippen LogP contribution in [0.1, 0.15) is 130 Å². The number of carbonyl (C=O) groups is 2. The molecule has 2 bridgehead atoms. The molecule has 102 heavy (non-hydrogen) atoms. The van der Waals surface area contributed by atoms with E-state index >= 15 is 0 Å². The number of hydrogen-bond donors (Lipinski definition) is 0. The van der Waals surface area contributed by atoms with Crippen molar-refractivity contribution in [3.8, 4) is 5.75 Å². The van der Waals surface area contributed by atoms with E-state index in [0.717, 1.165) is 137 Å². The van der Waals surface area contributed by atoms with Crippen molar-refractivity contribution in [2.24, 2.45) is 5.92 Å². The molecular weight excluding hydrogens is 1310 g/mol. The van der Waals surface area contributed by atoms with Gasteiger partial charge in [0.25, 0.3) is 0 Å². The molecule has 6 saturated heterocycles. The number of quaternary nitrogens is 5. The number of para-hydroxylation sites is 1. The summed E-state index contributed by atoms with van der Waals surface area (Å²) in [7, 11) is 20.7. The fourth-order valence-corrected chi connectivity index (χ4v) is 11.9. The molecule has 0 radical (unpaired) electrons. The SMILES string of the molecule is C.C.C.C.C.C=O.C=O.CCN(C)C(N(C)C)=[N+](C)C.CCOCCC[N+]1(CCOCCCOC)CCOCCOCCOCCOCCOCC1.CCOCCC[N+]12CCC(CC1)CC2.CC[N+](CC)(CC)CCOc1ccccc1.C[N+]1(C)CCCC1.C[N+]1(C)CCOCC1.C[P+](C)(C)C. The van der Waals surface area contributed by atoms with Crippen LogP contribution < -0.4 is 4.74 Å². The lowest BCUT2D eigenvalue weighted by Gasteiger charge is -2.49. The van der Waals surface area contributed by atoms with Crippen LogP contribution in [0.4, 0.5) is 0 Å². The number of hydrogen-bond acceptors (Lipinski definition) is 13. The Kier molecular flexibility index (Phi) is 83.6. The molecule has 0 aliphatic carbocycles. The molecule has 0 saturated carbocycles. The Morgan fingerprint density at radius 2 is 0.892 bits per heavy atom. The summed E-state index contributed by atoms with van der Waals surface area (Å²) < 4.78 is 69.3. The fourth-order valence-electron chi connectivity index (χ4n) is 11.9. The molecule has 0 unspecified atom stereocenters. The van der Waals surface area contributed by atoms with Crippen LogP contribution in [0.25, 0.3) is 0 Å². The minimum absolute atomic E-state index is 0. The highest BCUT2D eigenvalue weighted by atomic mass is 31.2. The highest BCUT2D eigenvalue weighted by molar-refractivity contribution is 7.73. The molecule has 1 aromatic rings. The van der Waals surface area contributed by atoms with Gasteiger partial charge in [0.1, 0.15) is 65.2 Å². The van der Waals surface area contributed by atoms with E-state index in [1.807, 2.05) is 50.8 Å². The van der Waals surface area contributed by atoms with E-state index in [-0.39, 0.29) is 44.4 Å². The van der Waals surface area contributed by atoms with E-state index in [1.165, 1.54) is 125 Å². The van der Waals surface area contributed by atoms with Crippen LogP contribution in [0.3, 0.4) is 0 Å². The summed E-state index contributed by atoms with van der Waals surface area (Å²) in [4.78, 5) is 20.3. The van der Waals surface area contributed by atoms with Crippen molar-refractivity contribution < 1.29 is 88.7 Å². The number of benzene rings is 1. The lowest BCUT2D eigenvalue weighted by molar-refractivity contribution is -0.942. The first kappa shape index (κ1) is 115. The molecule has 0 N–H and O–H groups in total. The number of nitrogens with zero attached hydrogens (tertiary/aromatic N) is 8. The van der Waals surface area contributed by atoms with Crippen molar-refractivity contribution in [1.82, 2.24) is 9.80 Å². The Morgan fingerprint density at radius 1 is 0.510 bits per heavy atom. The number of rotatable bonds is 25. The number of piperidine rings is 3. The summed E-state index contributed by atoms with van der Waals surface area (Å²) in [6, 6.07) is 10.1. The van der Waals surface area contributed by atoms with Gasteiger partial charge in [-0.15, -0.1) is 0 Å². The average molecular weight is 1490 g/mol. The zero-order valence-electron chi connectivity index (χ0n) is 67.0. The van der Waals surface area contributed by atoms with E-state index < -0.39 is 0 Å². The average Bonchev–Trinajstić information content (AvgIpc) is 0.836. The van der Waals surface area contributed by atoms with Crippen LogP contribution in [0, 0.1) is 5.92 Å². The fraction of sp³-hybridized carbons (Fsp3) is 0.887. The summed E-state index contributed by atoms with van der Waals surface area (Å²) in [6.45, 7) is 60.7. The highest BCUT2D eigenvalue weighted by Gasteiger charge is 2.39. The standard InChI is InChI=1S/C23H48NO8.C14H24NO.C12H24NO.C8H20N3.C6H14NO.C6H14N.C4H12P.2CH2O.5CH4/c1-3-26-11-4-6-24(7-13-27-12-5-10-25-2)8-14-28-16-18-30-20-22-32-23-21-31-19-17-29-15-9-24;1-4-15(5-2,6-3)12-13-16-14-10-8-7-9-11-14;1-2-14-11-3-7-13-8-4-12(5-9-13)6-10-13;1-7-11(6)8(9(2)3)10(4)5;1-7(2)3-5-8-6-4-7;1-7(2)5-3-4-6-7;1-5(2,3)4;2*1-2;;;;;/h3-23H2,1-2H3;7-11H,4-6,12-13H2,1-3H3;12H,2-11H2,1H3;7H2,1-6H3;3-6H2,1-2H3;3-6H2,1-2H3;1-4H3;2*1H2;5*1H4/q7*+1;;;;;;;. The molecular formula is C80H180N8O13P+7. The lowest BCUT2D eigenvalue weighted by atomic mass is 9.85. The first-order valence-corrected chi connectivity index (χ1v) is 40.8. The molecule has 0 spiro atoms. The van der Waals surface area contributed by atoms with E-state index in [1.54, 1.807) is 7.11 Å². The zero-order valence-corrected chi connectivity index (χ0v) is 67.9. The van der Waals surface area contributed by atoms with Gasteiger partial charge in [-0.3, -0.25) is 14.4 Å². The number of ether oxygens (including phenoxy) is 11. The number of morpholine rings is 1. The first-order chi connectivity index (χ1) is 46.4. The molecule has 6 aliphatic heterocycles. The third kappa shape index (κ3) is 65.7. The molecule has 6 aliphatic rings. The molecule has 0 aromatic heterocycles. The topological polar surface area (TPSA) is 145 Å². The molecule has 0 atom stereocenters. The minimum Gasteiger partial charge on any atom is -0.488 e. The van der Waals surface area contributed by atoms with E-state index in [2.05, 4.69) is 139 Å². The highest BCUT2D eigenvalue weighted by Crippen LogP contribution is 2.40. The molecule has 616 valence electrons. The van der Waals surface area contributed by atoms with Crippen LogP contribution in [0.5, 0.6) is 5.75 Å². The second-order valence-electron chi connectivity index (χ2n) is 28.9. The van der Waals surface area contributed by atoms with E-state index in [0.29, 0.717) is 72.7 Å². The van der Waals surface area contributed by atoms with Crippen LogP contribution in [0.15, 0.2) is 30.3 Å². The second kappa shape index (κ2) is 73.9. The van der Waals surface area contributed by atoms with E-state index in [9.17, 15) is 0 Å². The quantitative estimate of drug-likeness (QED) is 0.0228. The molecule has 21 nitrogen and oxygen atoms in total. The van der Waals surface area contributed by atoms with Gasteiger partial charge in [-0.25, -0.2) is 0 Å². The predicted molar refractivity (Wildman–Crippen MR) is 440 cm³/mol. The summed E-state index contributed by atoms with van der Waals surface area (Å²) in [5, 5.41) is 0. The van der Waals surface area contributed by atoms with Crippen molar-refractivity contribution >= 4 is 26.8 Å². The first-order valence-electron chi connectivity index (χ1n) is 37.2. The number of carbonyl (C=O) groups excluding carboxylic acids is 2. The minimum atomic E-state index is -0.389. The van der Waals surface area contributed by atoms with Gasteiger partial charge < -0.3 is 84.1 Å².